The van der Waals surface area contributed by atoms with E-state index in [1.807, 2.05) is 48.5 Å². The average Bonchev–Trinajstić information content (AvgIpc) is 3.29. The van der Waals surface area contributed by atoms with Crippen LogP contribution in [0.15, 0.2) is 66.7 Å². The van der Waals surface area contributed by atoms with Gasteiger partial charge >= 0.3 is 0 Å². The van der Waals surface area contributed by atoms with Gasteiger partial charge in [-0.25, -0.2) is 0 Å². The first-order valence-electron chi connectivity index (χ1n) is 11.4. The summed E-state index contributed by atoms with van der Waals surface area (Å²) in [6.45, 7) is 2.73. The van der Waals surface area contributed by atoms with Gasteiger partial charge in [-0.1, -0.05) is 60.7 Å². The lowest BCUT2D eigenvalue weighted by atomic mass is 9.96. The number of rotatable bonds is 8. The molecule has 176 valence electrons. The van der Waals surface area contributed by atoms with E-state index in [1.54, 1.807) is 14.0 Å². The number of aryl methyl sites for hydroxylation is 1. The van der Waals surface area contributed by atoms with Crippen molar-refractivity contribution in [3.05, 3.63) is 89.2 Å². The quantitative estimate of drug-likeness (QED) is 0.506. The summed E-state index contributed by atoms with van der Waals surface area (Å²) >= 11 is 0. The smallest absolute Gasteiger partial charge is 0.272 e. The summed E-state index contributed by atoms with van der Waals surface area (Å²) in [7, 11) is 1.60. The Hall–Kier alpha value is -3.94. The largest absolute Gasteiger partial charge is 0.351 e. The van der Waals surface area contributed by atoms with Crippen molar-refractivity contribution in [3.8, 4) is 0 Å². The van der Waals surface area contributed by atoms with Crippen molar-refractivity contribution in [2.75, 3.05) is 13.6 Å². The standard InChI is InChI=1S/C26H29N5O3/c1-26(25(34)28-17-20-12-7-4-8-13-20)18-31-22(24(33)30(26)2)16-21(29-31)23(32)27-15-9-14-19-10-5-3-6-11-19/h3-8,10-13,16H,9,14-15,17-18H2,1-2H3,(H,27,32)(H,28,34). The zero-order valence-corrected chi connectivity index (χ0v) is 19.5. The van der Waals surface area contributed by atoms with Gasteiger partial charge in [-0.05, 0) is 30.9 Å². The van der Waals surface area contributed by atoms with E-state index in [2.05, 4.69) is 27.9 Å². The highest BCUT2D eigenvalue weighted by molar-refractivity contribution is 6.01. The number of likely N-dealkylation sites (N-methyl/N-ethyl adjacent to an activating group) is 1. The molecule has 0 bridgehead atoms. The zero-order valence-electron chi connectivity index (χ0n) is 19.5. The van der Waals surface area contributed by atoms with Gasteiger partial charge in [0.05, 0.1) is 6.54 Å². The van der Waals surface area contributed by atoms with Crippen LogP contribution in [0.4, 0.5) is 0 Å². The molecule has 1 aliphatic heterocycles. The number of hydrogen-bond donors (Lipinski definition) is 2. The molecular formula is C26H29N5O3. The Morgan fingerprint density at radius 2 is 1.65 bits per heavy atom. The predicted molar refractivity (Wildman–Crippen MR) is 128 cm³/mol. The topological polar surface area (TPSA) is 96.3 Å². The number of benzene rings is 2. The lowest BCUT2D eigenvalue weighted by molar-refractivity contribution is -0.132. The summed E-state index contributed by atoms with van der Waals surface area (Å²) in [6, 6.07) is 21.1. The van der Waals surface area contributed by atoms with Crippen molar-refractivity contribution < 1.29 is 14.4 Å². The number of hydrogen-bond acceptors (Lipinski definition) is 4. The number of aromatic nitrogens is 2. The Morgan fingerprint density at radius 1 is 1.00 bits per heavy atom. The first kappa shape index (κ1) is 23.2. The molecule has 0 saturated carbocycles. The monoisotopic (exact) mass is 459 g/mol. The lowest BCUT2D eigenvalue weighted by Gasteiger charge is -2.40. The maximum absolute atomic E-state index is 13.1. The van der Waals surface area contributed by atoms with E-state index in [1.165, 1.54) is 21.2 Å². The number of carbonyl (C=O) groups excluding carboxylic acids is 3. The lowest BCUT2D eigenvalue weighted by Crippen LogP contribution is -2.62. The summed E-state index contributed by atoms with van der Waals surface area (Å²) in [6.07, 6.45) is 1.66. The zero-order chi connectivity index (χ0) is 24.1. The molecule has 3 amide bonds. The van der Waals surface area contributed by atoms with Crippen molar-refractivity contribution in [2.45, 2.75) is 38.4 Å². The number of nitrogens with one attached hydrogen (secondary N) is 2. The van der Waals surface area contributed by atoms with E-state index in [0.717, 1.165) is 18.4 Å². The molecule has 0 radical (unpaired) electrons. The molecule has 4 rings (SSSR count). The molecule has 0 saturated heterocycles. The third-order valence-corrected chi connectivity index (χ3v) is 6.29. The molecule has 8 nitrogen and oxygen atoms in total. The molecule has 2 N–H and O–H groups in total. The first-order valence-corrected chi connectivity index (χ1v) is 11.4. The van der Waals surface area contributed by atoms with Crippen LogP contribution in [0.25, 0.3) is 0 Å². The second kappa shape index (κ2) is 9.91. The molecular weight excluding hydrogens is 430 g/mol. The van der Waals surface area contributed by atoms with Gasteiger partial charge < -0.3 is 15.5 Å². The maximum atomic E-state index is 13.1. The second-order valence-corrected chi connectivity index (χ2v) is 8.72. The van der Waals surface area contributed by atoms with E-state index < -0.39 is 5.54 Å². The third-order valence-electron chi connectivity index (χ3n) is 6.29. The van der Waals surface area contributed by atoms with Crippen molar-refractivity contribution in [1.29, 1.82) is 0 Å². The van der Waals surface area contributed by atoms with Crippen LogP contribution >= 0.6 is 0 Å². The molecule has 0 fully saturated rings. The van der Waals surface area contributed by atoms with Crippen LogP contribution < -0.4 is 10.6 Å². The summed E-state index contributed by atoms with van der Waals surface area (Å²) in [4.78, 5) is 40.1. The van der Waals surface area contributed by atoms with Crippen LogP contribution in [-0.2, 0) is 24.3 Å². The summed E-state index contributed by atoms with van der Waals surface area (Å²) in [5.74, 6) is -0.958. The van der Waals surface area contributed by atoms with Gasteiger partial charge in [0, 0.05) is 26.2 Å². The highest BCUT2D eigenvalue weighted by Gasteiger charge is 2.46. The van der Waals surface area contributed by atoms with Crippen molar-refractivity contribution >= 4 is 17.7 Å². The highest BCUT2D eigenvalue weighted by Crippen LogP contribution is 2.26. The molecule has 2 aromatic carbocycles. The highest BCUT2D eigenvalue weighted by atomic mass is 16.2. The van der Waals surface area contributed by atoms with Crippen LogP contribution in [0.1, 0.15) is 45.4 Å². The fourth-order valence-corrected chi connectivity index (χ4v) is 4.04. The molecule has 0 aliphatic carbocycles. The molecule has 1 atom stereocenters. The van der Waals surface area contributed by atoms with Crippen LogP contribution in [-0.4, -0.2) is 51.5 Å². The van der Waals surface area contributed by atoms with Gasteiger partial charge in [0.25, 0.3) is 11.8 Å². The van der Waals surface area contributed by atoms with Gasteiger partial charge in [0.2, 0.25) is 5.91 Å². The van der Waals surface area contributed by atoms with E-state index >= 15 is 0 Å². The molecule has 1 aliphatic rings. The Balaban J connectivity index is 1.39. The Morgan fingerprint density at radius 3 is 2.32 bits per heavy atom. The SMILES string of the molecule is CN1C(=O)c2cc(C(=O)NCCCc3ccccc3)nn2CC1(C)C(=O)NCc1ccccc1. The number of nitrogens with zero attached hydrogens (tertiary/aromatic N) is 3. The molecule has 3 aromatic rings. The van der Waals surface area contributed by atoms with Crippen molar-refractivity contribution in [2.24, 2.45) is 0 Å². The minimum atomic E-state index is -1.13. The second-order valence-electron chi connectivity index (χ2n) is 8.72. The van der Waals surface area contributed by atoms with Crippen LogP contribution in [0.3, 0.4) is 0 Å². The molecule has 34 heavy (non-hydrogen) atoms. The van der Waals surface area contributed by atoms with E-state index in [0.29, 0.717) is 18.8 Å². The Labute approximate surface area is 199 Å². The van der Waals surface area contributed by atoms with Crippen LogP contribution in [0, 0.1) is 0 Å². The third kappa shape index (κ3) is 4.85. The number of amides is 3. The summed E-state index contributed by atoms with van der Waals surface area (Å²) < 4.78 is 1.46. The molecule has 1 aromatic heterocycles. The minimum Gasteiger partial charge on any atom is -0.351 e. The Bertz CT molecular complexity index is 1180. The summed E-state index contributed by atoms with van der Waals surface area (Å²) in [5.41, 5.74) is 1.52. The molecule has 0 spiro atoms. The van der Waals surface area contributed by atoms with Gasteiger partial charge in [-0.2, -0.15) is 5.10 Å². The van der Waals surface area contributed by atoms with E-state index in [4.69, 9.17) is 0 Å². The van der Waals surface area contributed by atoms with E-state index in [-0.39, 0.29) is 30.0 Å². The minimum absolute atomic E-state index is 0.159. The van der Waals surface area contributed by atoms with Crippen molar-refractivity contribution in [3.63, 3.8) is 0 Å². The summed E-state index contributed by atoms with van der Waals surface area (Å²) in [5, 5.41) is 10.1. The fraction of sp³-hybridized carbons (Fsp3) is 0.308. The normalized spacial score (nSPS) is 17.2. The van der Waals surface area contributed by atoms with Gasteiger partial charge in [-0.15, -0.1) is 0 Å². The average molecular weight is 460 g/mol. The van der Waals surface area contributed by atoms with Crippen molar-refractivity contribution in [1.82, 2.24) is 25.3 Å². The number of carbonyl (C=O) groups is 3. The molecule has 8 heteroatoms. The van der Waals surface area contributed by atoms with Crippen LogP contribution in [0.5, 0.6) is 0 Å². The first-order chi connectivity index (χ1) is 16.4. The Kier molecular flexibility index (Phi) is 6.77. The van der Waals surface area contributed by atoms with Gasteiger partial charge in [0.15, 0.2) is 5.69 Å². The number of fused-ring (bicyclic) bond motifs is 1. The maximum Gasteiger partial charge on any atom is 0.272 e. The molecule has 1 unspecified atom stereocenters. The van der Waals surface area contributed by atoms with E-state index in [9.17, 15) is 14.4 Å². The van der Waals surface area contributed by atoms with Crippen LogP contribution in [0.2, 0.25) is 0 Å². The van der Waals surface area contributed by atoms with Gasteiger partial charge in [-0.3, -0.25) is 19.1 Å². The molecule has 2 heterocycles. The van der Waals surface area contributed by atoms with Gasteiger partial charge in [0.1, 0.15) is 11.2 Å². The fourth-order valence-electron chi connectivity index (χ4n) is 4.04. The predicted octanol–water partition coefficient (Wildman–Crippen LogP) is 2.41.